The predicted octanol–water partition coefficient (Wildman–Crippen LogP) is 2.70. The fourth-order valence-corrected chi connectivity index (χ4v) is 2.10. The van der Waals surface area contributed by atoms with Gasteiger partial charge in [-0.2, -0.15) is 0 Å². The van der Waals surface area contributed by atoms with Gasteiger partial charge in [0.25, 0.3) is 0 Å². The molecular weight excluding hydrogens is 279 g/mol. The summed E-state index contributed by atoms with van der Waals surface area (Å²) >= 11 is 0. The molecule has 0 amide bonds. The van der Waals surface area contributed by atoms with Crippen molar-refractivity contribution < 1.29 is 4.39 Å². The van der Waals surface area contributed by atoms with Crippen molar-refractivity contribution in [3.8, 4) is 0 Å². The van der Waals surface area contributed by atoms with Gasteiger partial charge in [-0.3, -0.25) is 0 Å². The number of aromatic nitrogens is 3. The maximum atomic E-state index is 13.6. The Balaban J connectivity index is 0.00000147. The molecule has 0 unspecified atom stereocenters. The lowest BCUT2D eigenvalue weighted by atomic mass is 10.1. The minimum absolute atomic E-state index is 0. The van der Waals surface area contributed by atoms with Crippen LogP contribution in [0.3, 0.4) is 0 Å². The van der Waals surface area contributed by atoms with E-state index in [1.54, 1.807) is 18.2 Å². The van der Waals surface area contributed by atoms with E-state index in [4.69, 9.17) is 5.73 Å². The van der Waals surface area contributed by atoms with Gasteiger partial charge in [-0.25, -0.2) is 14.4 Å². The number of hydrogen-bond acceptors (Lipinski definition) is 3. The predicted molar refractivity (Wildman–Crippen MR) is 79.4 cm³/mol. The topological polar surface area (TPSA) is 56.7 Å². The number of rotatable bonds is 2. The number of halogens is 2. The van der Waals surface area contributed by atoms with Gasteiger partial charge >= 0.3 is 0 Å². The highest BCUT2D eigenvalue weighted by molar-refractivity contribution is 5.86. The van der Waals surface area contributed by atoms with Crippen LogP contribution in [0.25, 0.3) is 11.0 Å². The summed E-state index contributed by atoms with van der Waals surface area (Å²) in [5.41, 5.74) is 7.23. The van der Waals surface area contributed by atoms with Crippen LogP contribution >= 0.6 is 12.4 Å². The van der Waals surface area contributed by atoms with E-state index < -0.39 is 0 Å². The summed E-state index contributed by atoms with van der Waals surface area (Å²) in [5.74, 6) is 0.700. The van der Waals surface area contributed by atoms with Crippen molar-refractivity contribution in [3.63, 3.8) is 0 Å². The maximum absolute atomic E-state index is 13.6. The van der Waals surface area contributed by atoms with Gasteiger partial charge in [0.1, 0.15) is 23.1 Å². The number of aryl methyl sites for hydroxylation is 1. The monoisotopic (exact) mass is 292 g/mol. The zero-order valence-corrected chi connectivity index (χ0v) is 11.7. The number of nitrogen functional groups attached to an aromatic ring is 1. The van der Waals surface area contributed by atoms with Crippen LogP contribution in [0.4, 0.5) is 10.2 Å². The van der Waals surface area contributed by atoms with Crippen LogP contribution in [0, 0.1) is 5.82 Å². The number of anilines is 1. The molecule has 0 spiro atoms. The van der Waals surface area contributed by atoms with Gasteiger partial charge in [0, 0.05) is 19.7 Å². The van der Waals surface area contributed by atoms with Gasteiger partial charge in [-0.05, 0) is 17.7 Å². The average Bonchev–Trinajstić information content (AvgIpc) is 2.75. The van der Waals surface area contributed by atoms with E-state index in [1.165, 1.54) is 6.07 Å². The van der Waals surface area contributed by atoms with E-state index in [0.717, 1.165) is 11.0 Å². The third-order valence-electron chi connectivity index (χ3n) is 3.11. The van der Waals surface area contributed by atoms with Crippen LogP contribution in [0.2, 0.25) is 0 Å². The zero-order valence-electron chi connectivity index (χ0n) is 10.9. The summed E-state index contributed by atoms with van der Waals surface area (Å²) in [4.78, 5) is 8.67. The smallest absolute Gasteiger partial charge is 0.145 e. The highest BCUT2D eigenvalue weighted by atomic mass is 35.5. The second-order valence-corrected chi connectivity index (χ2v) is 4.46. The Labute approximate surface area is 121 Å². The lowest BCUT2D eigenvalue weighted by molar-refractivity contribution is 0.612. The quantitative estimate of drug-likeness (QED) is 0.790. The normalized spacial score (nSPS) is 10.5. The highest BCUT2D eigenvalue weighted by Gasteiger charge is 2.10. The third kappa shape index (κ3) is 2.44. The Kier molecular flexibility index (Phi) is 3.90. The van der Waals surface area contributed by atoms with Crippen LogP contribution in [0.5, 0.6) is 0 Å². The summed E-state index contributed by atoms with van der Waals surface area (Å²) in [5, 5.41) is 0.819. The Hall–Kier alpha value is -2.14. The van der Waals surface area contributed by atoms with Gasteiger partial charge < -0.3 is 10.3 Å². The van der Waals surface area contributed by atoms with Crippen LogP contribution in [-0.2, 0) is 13.5 Å². The molecule has 0 radical (unpaired) electrons. The fourth-order valence-electron chi connectivity index (χ4n) is 2.10. The summed E-state index contributed by atoms with van der Waals surface area (Å²) < 4.78 is 15.5. The zero-order chi connectivity index (χ0) is 13.4. The Morgan fingerprint density at radius 1 is 1.20 bits per heavy atom. The molecule has 2 aromatic heterocycles. The molecule has 104 valence electrons. The number of nitrogens with two attached hydrogens (primary N) is 1. The van der Waals surface area contributed by atoms with Gasteiger partial charge in [0.15, 0.2) is 0 Å². The van der Waals surface area contributed by atoms with E-state index in [1.807, 2.05) is 23.9 Å². The summed E-state index contributed by atoms with van der Waals surface area (Å²) in [6, 6.07) is 8.48. The molecule has 0 aliphatic rings. The first-order chi connectivity index (χ1) is 9.15. The largest absolute Gasteiger partial charge is 0.383 e. The van der Waals surface area contributed by atoms with E-state index in [-0.39, 0.29) is 18.2 Å². The molecule has 0 saturated carbocycles. The number of benzene rings is 1. The molecule has 0 atom stereocenters. The van der Waals surface area contributed by atoms with Crippen LogP contribution in [-0.4, -0.2) is 14.5 Å². The molecule has 3 aromatic rings. The van der Waals surface area contributed by atoms with Gasteiger partial charge in [0.2, 0.25) is 0 Å². The molecule has 6 heteroatoms. The van der Waals surface area contributed by atoms with Crippen molar-refractivity contribution >= 4 is 29.3 Å². The van der Waals surface area contributed by atoms with E-state index in [9.17, 15) is 4.39 Å². The Morgan fingerprint density at radius 3 is 2.70 bits per heavy atom. The van der Waals surface area contributed by atoms with Crippen LogP contribution in [0.15, 0.2) is 36.5 Å². The van der Waals surface area contributed by atoms with E-state index >= 15 is 0 Å². The first-order valence-electron chi connectivity index (χ1n) is 5.96. The van der Waals surface area contributed by atoms with E-state index in [2.05, 4.69) is 9.97 Å². The molecular formula is C14H14ClFN4. The number of hydrogen-bond donors (Lipinski definition) is 1. The van der Waals surface area contributed by atoms with Crippen LogP contribution < -0.4 is 5.73 Å². The maximum Gasteiger partial charge on any atom is 0.145 e. The first kappa shape index (κ1) is 14.3. The number of nitrogens with zero attached hydrogens (tertiary/aromatic N) is 3. The molecule has 0 fully saturated rings. The van der Waals surface area contributed by atoms with Crippen molar-refractivity contribution in [2.45, 2.75) is 6.42 Å². The second-order valence-electron chi connectivity index (χ2n) is 4.46. The van der Waals surface area contributed by atoms with Crippen molar-refractivity contribution in [2.24, 2.45) is 7.05 Å². The Morgan fingerprint density at radius 2 is 1.95 bits per heavy atom. The third-order valence-corrected chi connectivity index (χ3v) is 3.11. The summed E-state index contributed by atoms with van der Waals surface area (Å²) in [6.45, 7) is 0. The van der Waals surface area contributed by atoms with Gasteiger partial charge in [-0.1, -0.05) is 18.2 Å². The standard InChI is InChI=1S/C14H13FN4.ClH/c1-19-7-6-10-13(16)17-12(18-14(10)19)8-9-4-2-3-5-11(9)15;/h2-7H,8H2,1H3,(H2,16,17,18);1H. The molecule has 3 rings (SSSR count). The Bertz CT molecular complexity index is 754. The van der Waals surface area contributed by atoms with Crippen molar-refractivity contribution in [2.75, 3.05) is 5.73 Å². The molecule has 2 heterocycles. The minimum Gasteiger partial charge on any atom is -0.383 e. The molecule has 4 nitrogen and oxygen atoms in total. The second kappa shape index (κ2) is 5.46. The molecule has 0 bridgehead atoms. The molecule has 0 aliphatic carbocycles. The summed E-state index contributed by atoms with van der Waals surface area (Å²) in [6.07, 6.45) is 2.21. The molecule has 2 N–H and O–H groups in total. The average molecular weight is 293 g/mol. The number of fused-ring (bicyclic) bond motifs is 1. The highest BCUT2D eigenvalue weighted by Crippen LogP contribution is 2.19. The van der Waals surface area contributed by atoms with Crippen LogP contribution in [0.1, 0.15) is 11.4 Å². The first-order valence-corrected chi connectivity index (χ1v) is 5.96. The van der Waals surface area contributed by atoms with E-state index in [0.29, 0.717) is 23.6 Å². The molecule has 20 heavy (non-hydrogen) atoms. The molecule has 0 saturated heterocycles. The summed E-state index contributed by atoms with van der Waals surface area (Å²) in [7, 11) is 1.89. The minimum atomic E-state index is -0.253. The van der Waals surface area contributed by atoms with Crippen molar-refractivity contribution in [1.29, 1.82) is 0 Å². The molecule has 0 aliphatic heterocycles. The fraction of sp³-hybridized carbons (Fsp3) is 0.143. The van der Waals surface area contributed by atoms with Gasteiger partial charge in [0.05, 0.1) is 5.39 Å². The van der Waals surface area contributed by atoms with Gasteiger partial charge in [-0.15, -0.1) is 12.4 Å². The lowest BCUT2D eigenvalue weighted by Gasteiger charge is -2.05. The molecule has 1 aromatic carbocycles. The SMILES string of the molecule is Cl.Cn1ccc2c(N)nc(Cc3ccccc3F)nc21. The lowest BCUT2D eigenvalue weighted by Crippen LogP contribution is -2.04. The van der Waals surface area contributed by atoms with Crippen molar-refractivity contribution in [1.82, 2.24) is 14.5 Å². The van der Waals surface area contributed by atoms with Crippen molar-refractivity contribution in [3.05, 3.63) is 53.7 Å².